The minimum absolute atomic E-state index is 0.000962. The summed E-state index contributed by atoms with van der Waals surface area (Å²) in [6.07, 6.45) is 13.9. The molecule has 2 saturated heterocycles. The molecule has 1 aromatic rings. The second-order valence-electron chi connectivity index (χ2n) is 12.3. The second-order valence-corrected chi connectivity index (χ2v) is 12.3. The van der Waals surface area contributed by atoms with Gasteiger partial charge in [0.1, 0.15) is 11.6 Å². The molecule has 0 radical (unpaired) electrons. The lowest BCUT2D eigenvalue weighted by molar-refractivity contribution is -0.144. The van der Waals surface area contributed by atoms with E-state index in [-0.39, 0.29) is 29.8 Å². The fraction of sp³-hybridized carbons (Fsp3) is 0.645. The van der Waals surface area contributed by atoms with Gasteiger partial charge < -0.3 is 20.3 Å². The molecule has 1 spiro atoms. The molecule has 1 aromatic carbocycles. The van der Waals surface area contributed by atoms with Crippen LogP contribution in [-0.4, -0.2) is 52.5 Å². The predicted octanol–water partition coefficient (Wildman–Crippen LogP) is 4.50. The standard InChI is InChI=1S/C31H41N3O4/c1-19-10-9-12-21(18-19)32-28(35)25-24-16-17-31(38-24)26(25)30(37)34(22-13-5-3-4-6-14-22)27(31)29(36)33-23-15-8-7-11-20(23)2/h9-10,12,16-18,20,22-27H,3-8,11,13-15H2,1-2H3,(H,32,35)(H,33,36)/t20?,23?,24-,25?,26-,27?,31?/m1/s1. The Balaban J connectivity index is 1.33. The van der Waals surface area contributed by atoms with Crippen LogP contribution in [-0.2, 0) is 19.1 Å². The molecule has 204 valence electrons. The van der Waals surface area contributed by atoms with Crippen LogP contribution >= 0.6 is 0 Å². The van der Waals surface area contributed by atoms with E-state index in [1.807, 2.05) is 48.2 Å². The Morgan fingerprint density at radius 2 is 1.74 bits per heavy atom. The lowest BCUT2D eigenvalue weighted by atomic mass is 9.74. The molecule has 5 aliphatic rings. The number of carbonyl (C=O) groups excluding carboxylic acids is 3. The van der Waals surface area contributed by atoms with Crippen LogP contribution < -0.4 is 10.6 Å². The number of benzene rings is 1. The lowest BCUT2D eigenvalue weighted by Gasteiger charge is -2.38. The summed E-state index contributed by atoms with van der Waals surface area (Å²) in [6.45, 7) is 4.19. The maximum atomic E-state index is 14.3. The van der Waals surface area contributed by atoms with E-state index in [4.69, 9.17) is 4.74 Å². The number of nitrogens with zero attached hydrogens (tertiary/aromatic N) is 1. The topological polar surface area (TPSA) is 87.7 Å². The van der Waals surface area contributed by atoms with Gasteiger partial charge in [-0.1, -0.05) is 69.7 Å². The van der Waals surface area contributed by atoms with Gasteiger partial charge in [-0.25, -0.2) is 0 Å². The van der Waals surface area contributed by atoms with Gasteiger partial charge in [0.05, 0.1) is 17.9 Å². The van der Waals surface area contributed by atoms with Crippen molar-refractivity contribution in [2.24, 2.45) is 17.8 Å². The van der Waals surface area contributed by atoms with E-state index in [2.05, 4.69) is 17.6 Å². The Morgan fingerprint density at radius 3 is 2.47 bits per heavy atom. The number of carbonyl (C=O) groups is 3. The Bertz CT molecular complexity index is 1130. The summed E-state index contributed by atoms with van der Waals surface area (Å²) >= 11 is 0. The number of hydrogen-bond donors (Lipinski definition) is 2. The van der Waals surface area contributed by atoms with Crippen molar-refractivity contribution in [3.63, 3.8) is 0 Å². The third-order valence-electron chi connectivity index (χ3n) is 9.81. The Labute approximate surface area is 225 Å². The molecule has 0 aromatic heterocycles. The second kappa shape index (κ2) is 10.1. The zero-order valence-corrected chi connectivity index (χ0v) is 22.7. The van der Waals surface area contributed by atoms with Crippen molar-refractivity contribution in [1.82, 2.24) is 10.2 Å². The fourth-order valence-corrected chi connectivity index (χ4v) is 7.88. The van der Waals surface area contributed by atoms with Gasteiger partial charge in [-0.3, -0.25) is 14.4 Å². The van der Waals surface area contributed by atoms with Crippen molar-refractivity contribution in [2.45, 2.75) is 108 Å². The van der Waals surface area contributed by atoms with Crippen molar-refractivity contribution in [2.75, 3.05) is 5.32 Å². The van der Waals surface area contributed by atoms with Crippen LogP contribution in [0.2, 0.25) is 0 Å². The lowest BCUT2D eigenvalue weighted by Crippen LogP contribution is -2.59. The van der Waals surface area contributed by atoms with Crippen molar-refractivity contribution in [3.05, 3.63) is 42.0 Å². The molecule has 38 heavy (non-hydrogen) atoms. The van der Waals surface area contributed by atoms with Crippen LogP contribution in [0, 0.1) is 24.7 Å². The normalized spacial score (nSPS) is 36.7. The summed E-state index contributed by atoms with van der Waals surface area (Å²) in [5, 5.41) is 6.38. The summed E-state index contributed by atoms with van der Waals surface area (Å²) in [7, 11) is 0. The summed E-state index contributed by atoms with van der Waals surface area (Å²) in [5.41, 5.74) is 0.668. The number of anilines is 1. The molecule has 4 fully saturated rings. The monoisotopic (exact) mass is 519 g/mol. The molecule has 2 saturated carbocycles. The molecule has 7 atom stereocenters. The highest BCUT2D eigenvalue weighted by Crippen LogP contribution is 2.56. The molecule has 3 aliphatic heterocycles. The van der Waals surface area contributed by atoms with E-state index in [0.29, 0.717) is 11.6 Å². The molecule has 7 nitrogen and oxygen atoms in total. The van der Waals surface area contributed by atoms with E-state index in [9.17, 15) is 14.4 Å². The summed E-state index contributed by atoms with van der Waals surface area (Å²) in [5.74, 6) is -1.36. The fourth-order valence-electron chi connectivity index (χ4n) is 7.88. The zero-order valence-electron chi connectivity index (χ0n) is 22.7. The third kappa shape index (κ3) is 4.27. The number of amides is 3. The van der Waals surface area contributed by atoms with E-state index in [1.54, 1.807) is 0 Å². The van der Waals surface area contributed by atoms with Crippen molar-refractivity contribution in [1.29, 1.82) is 0 Å². The van der Waals surface area contributed by atoms with Gasteiger partial charge in [0.15, 0.2) is 0 Å². The predicted molar refractivity (Wildman–Crippen MR) is 145 cm³/mol. The van der Waals surface area contributed by atoms with Crippen molar-refractivity contribution < 1.29 is 19.1 Å². The first-order valence-corrected chi connectivity index (χ1v) is 14.8. The molecule has 5 unspecified atom stereocenters. The number of likely N-dealkylation sites (tertiary alicyclic amines) is 1. The van der Waals surface area contributed by atoms with Gasteiger partial charge in [-0.05, 0) is 56.2 Å². The number of ether oxygens (including phenoxy) is 1. The molecule has 6 rings (SSSR count). The van der Waals surface area contributed by atoms with Crippen LogP contribution in [0.25, 0.3) is 0 Å². The van der Waals surface area contributed by atoms with Gasteiger partial charge in [-0.2, -0.15) is 0 Å². The Hall–Kier alpha value is -2.67. The van der Waals surface area contributed by atoms with Crippen LogP contribution in [0.15, 0.2) is 36.4 Å². The Kier molecular flexibility index (Phi) is 6.83. The van der Waals surface area contributed by atoms with Gasteiger partial charge in [0.2, 0.25) is 17.7 Å². The summed E-state index contributed by atoms with van der Waals surface area (Å²) < 4.78 is 6.56. The quantitative estimate of drug-likeness (QED) is 0.443. The maximum Gasteiger partial charge on any atom is 0.246 e. The third-order valence-corrected chi connectivity index (χ3v) is 9.81. The average molecular weight is 520 g/mol. The van der Waals surface area contributed by atoms with Crippen molar-refractivity contribution >= 4 is 23.4 Å². The van der Waals surface area contributed by atoms with Crippen LogP contribution in [0.4, 0.5) is 5.69 Å². The minimum atomic E-state index is -1.09. The first-order valence-electron chi connectivity index (χ1n) is 14.8. The molecule has 7 heteroatoms. The SMILES string of the molecule is Cc1cccc(NC(=O)C2[C@H]3C=CC4(O3)C(C(=O)NC3CCCCC3C)N(C3CCCCCC3)C(=O)[C@@H]24)c1. The molecule has 2 bridgehead atoms. The minimum Gasteiger partial charge on any atom is -0.359 e. The number of rotatable bonds is 5. The molecular formula is C31H41N3O4. The van der Waals surface area contributed by atoms with E-state index < -0.39 is 29.6 Å². The van der Waals surface area contributed by atoms with Crippen LogP contribution in [0.1, 0.15) is 76.7 Å². The van der Waals surface area contributed by atoms with Gasteiger partial charge in [-0.15, -0.1) is 0 Å². The maximum absolute atomic E-state index is 14.3. The zero-order chi connectivity index (χ0) is 26.4. The number of aryl methyl sites for hydroxylation is 1. The summed E-state index contributed by atoms with van der Waals surface area (Å²) in [4.78, 5) is 44.0. The smallest absolute Gasteiger partial charge is 0.246 e. The largest absolute Gasteiger partial charge is 0.359 e. The molecule has 2 aliphatic carbocycles. The van der Waals surface area contributed by atoms with Gasteiger partial charge >= 0.3 is 0 Å². The average Bonchev–Trinajstić information content (AvgIpc) is 3.44. The van der Waals surface area contributed by atoms with Gasteiger partial charge in [0.25, 0.3) is 0 Å². The van der Waals surface area contributed by atoms with E-state index in [1.165, 1.54) is 6.42 Å². The van der Waals surface area contributed by atoms with Crippen molar-refractivity contribution in [3.8, 4) is 0 Å². The highest BCUT2D eigenvalue weighted by molar-refractivity contribution is 6.03. The summed E-state index contributed by atoms with van der Waals surface area (Å²) in [6, 6.07) is 7.05. The number of hydrogen-bond acceptors (Lipinski definition) is 4. The van der Waals surface area contributed by atoms with Gasteiger partial charge in [0, 0.05) is 17.8 Å². The van der Waals surface area contributed by atoms with Crippen LogP contribution in [0.3, 0.4) is 0 Å². The number of nitrogens with one attached hydrogen (secondary N) is 2. The van der Waals surface area contributed by atoms with E-state index >= 15 is 0 Å². The number of fused-ring (bicyclic) bond motifs is 1. The van der Waals surface area contributed by atoms with Crippen LogP contribution in [0.5, 0.6) is 0 Å². The molecular weight excluding hydrogens is 478 g/mol. The first kappa shape index (κ1) is 25.6. The van der Waals surface area contributed by atoms with E-state index in [0.717, 1.165) is 63.4 Å². The first-order chi connectivity index (χ1) is 18.4. The molecule has 2 N–H and O–H groups in total. The molecule has 3 heterocycles. The highest BCUT2D eigenvalue weighted by atomic mass is 16.5. The molecule has 3 amide bonds. The Morgan fingerprint density at radius 1 is 1.00 bits per heavy atom. The highest BCUT2D eigenvalue weighted by Gasteiger charge is 2.73.